The quantitative estimate of drug-likeness (QED) is 0.722. The van der Waals surface area contributed by atoms with Gasteiger partial charge in [-0.25, -0.2) is 4.98 Å². The lowest BCUT2D eigenvalue weighted by Crippen LogP contribution is -2.35. The van der Waals surface area contributed by atoms with Crippen LogP contribution in [-0.2, 0) is 9.53 Å². The number of rotatable bonds is 4. The van der Waals surface area contributed by atoms with E-state index in [9.17, 15) is 4.79 Å². The predicted molar refractivity (Wildman–Crippen MR) is 50.6 cm³/mol. The van der Waals surface area contributed by atoms with Crippen molar-refractivity contribution in [1.29, 1.82) is 0 Å². The van der Waals surface area contributed by atoms with E-state index in [4.69, 9.17) is 10.5 Å². The Bertz CT molecular complexity index is 259. The maximum absolute atomic E-state index is 11.3. The molecule has 1 unspecified atom stereocenters. The van der Waals surface area contributed by atoms with Crippen LogP contribution >= 0.6 is 11.3 Å². The van der Waals surface area contributed by atoms with E-state index in [1.165, 1.54) is 18.4 Å². The van der Waals surface area contributed by atoms with Gasteiger partial charge in [0.1, 0.15) is 6.10 Å². The van der Waals surface area contributed by atoms with Gasteiger partial charge in [0.15, 0.2) is 5.13 Å². The van der Waals surface area contributed by atoms with Crippen LogP contribution in [0.25, 0.3) is 0 Å². The Balaban J connectivity index is 2.49. The highest BCUT2D eigenvalue weighted by Gasteiger charge is 2.16. The van der Waals surface area contributed by atoms with E-state index in [0.29, 0.717) is 5.13 Å². The van der Waals surface area contributed by atoms with Crippen LogP contribution in [0.4, 0.5) is 5.13 Å². The van der Waals surface area contributed by atoms with Crippen molar-refractivity contribution in [3.63, 3.8) is 0 Å². The zero-order chi connectivity index (χ0) is 9.68. The summed E-state index contributed by atoms with van der Waals surface area (Å²) in [4.78, 5) is 15.2. The number of carbonyl (C=O) groups is 1. The lowest BCUT2D eigenvalue weighted by atomic mass is 10.3. The fourth-order valence-corrected chi connectivity index (χ4v) is 1.31. The first-order valence-corrected chi connectivity index (χ1v) is 4.59. The van der Waals surface area contributed by atoms with Crippen LogP contribution in [-0.4, -0.2) is 30.6 Å². The molecular formula is C7H11N3O2S. The number of nitrogens with zero attached hydrogens (tertiary/aromatic N) is 1. The molecule has 1 rings (SSSR count). The van der Waals surface area contributed by atoms with Crippen LogP contribution in [0.5, 0.6) is 0 Å². The highest BCUT2D eigenvalue weighted by molar-refractivity contribution is 7.13. The van der Waals surface area contributed by atoms with Gasteiger partial charge in [0.05, 0.1) is 0 Å². The number of nitrogens with two attached hydrogens (primary N) is 1. The zero-order valence-corrected chi connectivity index (χ0v) is 8.00. The molecule has 0 radical (unpaired) electrons. The number of methoxy groups -OCH3 is 1. The molecule has 72 valence electrons. The molecule has 0 aliphatic carbocycles. The first kappa shape index (κ1) is 10.1. The number of anilines is 1. The van der Waals surface area contributed by atoms with Crippen LogP contribution in [0, 0.1) is 0 Å². The Morgan fingerprint density at radius 2 is 2.69 bits per heavy atom. The number of hydrogen-bond acceptors (Lipinski definition) is 5. The first-order valence-electron chi connectivity index (χ1n) is 3.71. The van der Waals surface area contributed by atoms with E-state index in [2.05, 4.69) is 10.3 Å². The van der Waals surface area contributed by atoms with Crippen molar-refractivity contribution in [2.24, 2.45) is 5.73 Å². The summed E-state index contributed by atoms with van der Waals surface area (Å²) in [6.07, 6.45) is 1.01. The average molecular weight is 201 g/mol. The van der Waals surface area contributed by atoms with Crippen LogP contribution in [0.15, 0.2) is 11.6 Å². The average Bonchev–Trinajstić information content (AvgIpc) is 2.59. The molecule has 0 saturated heterocycles. The minimum absolute atomic E-state index is 0.160. The van der Waals surface area contributed by atoms with Crippen molar-refractivity contribution in [2.75, 3.05) is 19.0 Å². The van der Waals surface area contributed by atoms with Crippen molar-refractivity contribution in [3.05, 3.63) is 11.6 Å². The molecular weight excluding hydrogens is 190 g/mol. The maximum atomic E-state index is 11.3. The van der Waals surface area contributed by atoms with Crippen LogP contribution < -0.4 is 11.1 Å². The summed E-state index contributed by atoms with van der Waals surface area (Å²) in [5.74, 6) is -0.264. The van der Waals surface area contributed by atoms with Crippen LogP contribution in [0.2, 0.25) is 0 Å². The molecule has 0 aromatic carbocycles. The minimum Gasteiger partial charge on any atom is -0.370 e. The summed E-state index contributed by atoms with van der Waals surface area (Å²) < 4.78 is 4.85. The maximum Gasteiger partial charge on any atom is 0.256 e. The van der Waals surface area contributed by atoms with E-state index in [0.717, 1.165) is 0 Å². The molecule has 0 fully saturated rings. The highest BCUT2D eigenvalue weighted by Crippen LogP contribution is 2.10. The van der Waals surface area contributed by atoms with E-state index >= 15 is 0 Å². The molecule has 1 aromatic rings. The Morgan fingerprint density at radius 3 is 3.15 bits per heavy atom. The number of amides is 1. The number of nitrogens with one attached hydrogen (secondary N) is 1. The fraction of sp³-hybridized carbons (Fsp3) is 0.429. The smallest absolute Gasteiger partial charge is 0.256 e. The predicted octanol–water partition coefficient (Wildman–Crippen LogP) is 0.0553. The van der Waals surface area contributed by atoms with Gasteiger partial charge in [-0.05, 0) is 0 Å². The topological polar surface area (TPSA) is 77.2 Å². The summed E-state index contributed by atoms with van der Waals surface area (Å²) in [5.41, 5.74) is 5.31. The number of thiazole rings is 1. The van der Waals surface area contributed by atoms with Crippen LogP contribution in [0.1, 0.15) is 0 Å². The van der Waals surface area contributed by atoms with E-state index in [1.807, 2.05) is 0 Å². The van der Waals surface area contributed by atoms with Gasteiger partial charge in [0.25, 0.3) is 5.91 Å². The minimum atomic E-state index is -0.608. The molecule has 0 aliphatic rings. The number of ether oxygens (including phenoxy) is 1. The molecule has 0 bridgehead atoms. The molecule has 3 N–H and O–H groups in total. The molecule has 0 spiro atoms. The standard InChI is InChI=1S/C7H11N3O2S/c1-12-5(4-8)6(11)10-7-9-2-3-13-7/h2-3,5H,4,8H2,1H3,(H,9,10,11). The first-order chi connectivity index (χ1) is 6.27. The summed E-state index contributed by atoms with van der Waals surface area (Å²) in [6.45, 7) is 0.160. The molecule has 0 saturated carbocycles. The zero-order valence-electron chi connectivity index (χ0n) is 7.19. The SMILES string of the molecule is COC(CN)C(=O)Nc1nccs1. The molecule has 1 amide bonds. The Kier molecular flexibility index (Phi) is 3.81. The van der Waals surface area contributed by atoms with E-state index in [1.54, 1.807) is 11.6 Å². The highest BCUT2D eigenvalue weighted by atomic mass is 32.1. The molecule has 0 aliphatic heterocycles. The Hall–Kier alpha value is -0.980. The third-order valence-corrected chi connectivity index (χ3v) is 2.14. The summed E-state index contributed by atoms with van der Waals surface area (Å²) in [6, 6.07) is 0. The second kappa shape index (κ2) is 4.90. The van der Waals surface area contributed by atoms with Crippen molar-refractivity contribution >= 4 is 22.4 Å². The molecule has 13 heavy (non-hydrogen) atoms. The molecule has 5 nitrogen and oxygen atoms in total. The summed E-state index contributed by atoms with van der Waals surface area (Å²) in [5, 5.41) is 4.92. The second-order valence-corrected chi connectivity index (χ2v) is 3.18. The number of hydrogen-bond donors (Lipinski definition) is 2. The molecule has 1 atom stereocenters. The summed E-state index contributed by atoms with van der Waals surface area (Å²) >= 11 is 1.35. The Labute approximate surface area is 79.9 Å². The van der Waals surface area contributed by atoms with Crippen molar-refractivity contribution in [3.8, 4) is 0 Å². The van der Waals surface area contributed by atoms with Crippen molar-refractivity contribution < 1.29 is 9.53 Å². The number of aromatic nitrogens is 1. The molecule has 1 heterocycles. The van der Waals surface area contributed by atoms with E-state index in [-0.39, 0.29) is 12.5 Å². The van der Waals surface area contributed by atoms with Gasteiger partial charge < -0.3 is 10.5 Å². The fourth-order valence-electron chi connectivity index (χ4n) is 0.781. The third-order valence-electron chi connectivity index (χ3n) is 1.45. The summed E-state index contributed by atoms with van der Waals surface area (Å²) in [7, 11) is 1.44. The largest absolute Gasteiger partial charge is 0.370 e. The molecule has 6 heteroatoms. The van der Waals surface area contributed by atoms with Crippen molar-refractivity contribution in [1.82, 2.24) is 4.98 Å². The van der Waals surface area contributed by atoms with Gasteiger partial charge >= 0.3 is 0 Å². The monoisotopic (exact) mass is 201 g/mol. The van der Waals surface area contributed by atoms with Gasteiger partial charge in [-0.3, -0.25) is 10.1 Å². The van der Waals surface area contributed by atoms with Gasteiger partial charge in [-0.2, -0.15) is 0 Å². The lowest BCUT2D eigenvalue weighted by Gasteiger charge is -2.10. The normalized spacial score (nSPS) is 12.5. The Morgan fingerprint density at radius 1 is 1.92 bits per heavy atom. The number of carbonyl (C=O) groups excluding carboxylic acids is 1. The van der Waals surface area contributed by atoms with Gasteiger partial charge in [0, 0.05) is 25.2 Å². The van der Waals surface area contributed by atoms with Crippen LogP contribution in [0.3, 0.4) is 0 Å². The van der Waals surface area contributed by atoms with Gasteiger partial charge in [0.2, 0.25) is 0 Å². The second-order valence-electron chi connectivity index (χ2n) is 2.29. The van der Waals surface area contributed by atoms with Crippen molar-refractivity contribution in [2.45, 2.75) is 6.10 Å². The lowest BCUT2D eigenvalue weighted by molar-refractivity contribution is -0.125. The molecule has 1 aromatic heterocycles. The van der Waals surface area contributed by atoms with Gasteiger partial charge in [-0.1, -0.05) is 0 Å². The third kappa shape index (κ3) is 2.76. The van der Waals surface area contributed by atoms with Gasteiger partial charge in [-0.15, -0.1) is 11.3 Å². The van der Waals surface area contributed by atoms with E-state index < -0.39 is 6.10 Å².